The molecule has 1 aliphatic rings. The maximum absolute atomic E-state index is 12.5. The maximum Gasteiger partial charge on any atom is 0.260 e. The fourth-order valence-electron chi connectivity index (χ4n) is 3.47. The number of hydrogen-bond acceptors (Lipinski definition) is 4. The molecule has 1 fully saturated rings. The van der Waals surface area contributed by atoms with Gasteiger partial charge in [-0.2, -0.15) is 0 Å². The molecule has 27 heavy (non-hydrogen) atoms. The van der Waals surface area contributed by atoms with Crippen LogP contribution in [0.4, 0.5) is 0 Å². The van der Waals surface area contributed by atoms with Crippen LogP contribution in [0.25, 0.3) is 5.65 Å². The van der Waals surface area contributed by atoms with Gasteiger partial charge in [0, 0.05) is 30.2 Å². The molecule has 0 aliphatic carbocycles. The number of hydrogen-bond donors (Lipinski definition) is 0. The van der Waals surface area contributed by atoms with Crippen LogP contribution in [0.5, 0.6) is 5.75 Å². The summed E-state index contributed by atoms with van der Waals surface area (Å²) in [5.74, 6) is 1.96. The highest BCUT2D eigenvalue weighted by Crippen LogP contribution is 2.27. The van der Waals surface area contributed by atoms with E-state index >= 15 is 0 Å². The van der Waals surface area contributed by atoms with Gasteiger partial charge in [-0.05, 0) is 55.7 Å². The molecule has 0 unspecified atom stereocenters. The number of carbonyl (C=O) groups is 1. The fourth-order valence-corrected chi connectivity index (χ4v) is 3.59. The number of fused-ring (bicyclic) bond motifs is 1. The third-order valence-electron chi connectivity index (χ3n) is 5.04. The maximum atomic E-state index is 12.5. The van der Waals surface area contributed by atoms with E-state index in [-0.39, 0.29) is 12.5 Å². The third-order valence-corrected chi connectivity index (χ3v) is 5.47. The number of nitrogens with zero attached hydrogens (tertiary/aromatic N) is 4. The van der Waals surface area contributed by atoms with Crippen molar-refractivity contribution in [1.82, 2.24) is 19.5 Å². The Labute approximate surface area is 162 Å². The smallest absolute Gasteiger partial charge is 0.260 e. The molecule has 1 aromatic carbocycles. The van der Waals surface area contributed by atoms with E-state index in [4.69, 9.17) is 16.3 Å². The number of ether oxygens (including phenoxy) is 1. The van der Waals surface area contributed by atoms with Crippen LogP contribution in [0.15, 0.2) is 42.6 Å². The van der Waals surface area contributed by atoms with Gasteiger partial charge >= 0.3 is 0 Å². The van der Waals surface area contributed by atoms with Gasteiger partial charge < -0.3 is 9.64 Å². The SMILES string of the molecule is Cc1cc(OCC(=O)N2CCC(c3nnc4ccccn34)CC2)ccc1Cl. The molecule has 140 valence electrons. The normalized spacial score (nSPS) is 15.3. The standard InChI is InChI=1S/C20H21ClN4O2/c1-14-12-16(5-6-17(14)21)27-13-19(26)24-10-7-15(8-11-24)20-23-22-18-4-2-3-9-25(18)20/h2-6,9,12,15H,7-8,10-11,13H2,1H3. The lowest BCUT2D eigenvalue weighted by atomic mass is 9.96. The topological polar surface area (TPSA) is 59.7 Å². The van der Waals surface area contributed by atoms with E-state index in [9.17, 15) is 4.79 Å². The Balaban J connectivity index is 1.33. The zero-order valence-corrected chi connectivity index (χ0v) is 15.9. The summed E-state index contributed by atoms with van der Waals surface area (Å²) < 4.78 is 7.67. The van der Waals surface area contributed by atoms with Crippen molar-refractivity contribution >= 4 is 23.2 Å². The van der Waals surface area contributed by atoms with Gasteiger partial charge in [0.25, 0.3) is 5.91 Å². The molecule has 0 N–H and O–H groups in total. The van der Waals surface area contributed by atoms with E-state index in [1.807, 2.05) is 46.7 Å². The first-order valence-corrected chi connectivity index (χ1v) is 9.46. The lowest BCUT2D eigenvalue weighted by Gasteiger charge is -2.31. The molecule has 7 heteroatoms. The molecule has 0 radical (unpaired) electrons. The number of aromatic nitrogens is 3. The summed E-state index contributed by atoms with van der Waals surface area (Å²) in [5.41, 5.74) is 1.79. The van der Waals surface area contributed by atoms with Gasteiger partial charge in [-0.25, -0.2) is 0 Å². The third kappa shape index (κ3) is 3.76. The predicted octanol–water partition coefficient (Wildman–Crippen LogP) is 3.48. The summed E-state index contributed by atoms with van der Waals surface area (Å²) >= 11 is 6.02. The Morgan fingerprint density at radius 1 is 1.22 bits per heavy atom. The summed E-state index contributed by atoms with van der Waals surface area (Å²) in [6.07, 6.45) is 3.74. The van der Waals surface area contributed by atoms with Crippen LogP contribution in [0.2, 0.25) is 5.02 Å². The minimum Gasteiger partial charge on any atom is -0.484 e. The number of pyridine rings is 1. The van der Waals surface area contributed by atoms with Crippen LogP contribution in [-0.2, 0) is 4.79 Å². The average Bonchev–Trinajstić information content (AvgIpc) is 3.13. The first-order chi connectivity index (χ1) is 13.1. The fraction of sp³-hybridized carbons (Fsp3) is 0.350. The molecule has 1 saturated heterocycles. The molecular formula is C20H21ClN4O2. The number of piperidine rings is 1. The lowest BCUT2D eigenvalue weighted by Crippen LogP contribution is -2.40. The molecule has 0 spiro atoms. The summed E-state index contributed by atoms with van der Waals surface area (Å²) in [6, 6.07) is 11.3. The van der Waals surface area contributed by atoms with Crippen LogP contribution in [0.1, 0.15) is 30.1 Å². The summed E-state index contributed by atoms with van der Waals surface area (Å²) in [6.45, 7) is 3.36. The molecule has 1 aliphatic heterocycles. The van der Waals surface area contributed by atoms with Crippen molar-refractivity contribution in [3.8, 4) is 5.75 Å². The van der Waals surface area contributed by atoms with Gasteiger partial charge in [-0.15, -0.1) is 10.2 Å². The first kappa shape index (κ1) is 17.8. The quantitative estimate of drug-likeness (QED) is 0.691. The van der Waals surface area contributed by atoms with Crippen LogP contribution in [0.3, 0.4) is 0 Å². The highest BCUT2D eigenvalue weighted by molar-refractivity contribution is 6.31. The Kier molecular flexibility index (Phi) is 4.99. The van der Waals surface area contributed by atoms with E-state index in [0.717, 1.165) is 29.9 Å². The number of halogens is 1. The molecule has 3 aromatic rings. The van der Waals surface area contributed by atoms with Gasteiger partial charge in [0.05, 0.1) is 0 Å². The van der Waals surface area contributed by atoms with E-state index in [2.05, 4.69) is 10.2 Å². The number of rotatable bonds is 4. The van der Waals surface area contributed by atoms with E-state index in [1.54, 1.807) is 12.1 Å². The van der Waals surface area contributed by atoms with E-state index in [0.29, 0.717) is 29.8 Å². The van der Waals surface area contributed by atoms with Gasteiger partial charge in [-0.1, -0.05) is 17.7 Å². The lowest BCUT2D eigenvalue weighted by molar-refractivity contribution is -0.134. The largest absolute Gasteiger partial charge is 0.484 e. The number of benzene rings is 1. The predicted molar refractivity (Wildman–Crippen MR) is 103 cm³/mol. The molecule has 0 bridgehead atoms. The van der Waals surface area contributed by atoms with Crippen molar-refractivity contribution in [1.29, 1.82) is 0 Å². The second-order valence-electron chi connectivity index (χ2n) is 6.84. The second-order valence-corrected chi connectivity index (χ2v) is 7.25. The van der Waals surface area contributed by atoms with E-state index in [1.165, 1.54) is 0 Å². The minimum absolute atomic E-state index is 0.00662. The summed E-state index contributed by atoms with van der Waals surface area (Å²) in [5, 5.41) is 9.27. The zero-order chi connectivity index (χ0) is 18.8. The first-order valence-electron chi connectivity index (χ1n) is 9.08. The zero-order valence-electron chi connectivity index (χ0n) is 15.1. The number of carbonyl (C=O) groups excluding carboxylic acids is 1. The van der Waals surface area contributed by atoms with Crippen molar-refractivity contribution in [3.05, 3.63) is 59.0 Å². The molecule has 4 rings (SSSR count). The Bertz CT molecular complexity index is 964. The van der Waals surface area contributed by atoms with Crippen molar-refractivity contribution < 1.29 is 9.53 Å². The molecule has 2 aromatic heterocycles. The van der Waals surface area contributed by atoms with Crippen molar-refractivity contribution in [3.63, 3.8) is 0 Å². The van der Waals surface area contributed by atoms with Gasteiger partial charge in [0.1, 0.15) is 11.6 Å². The minimum atomic E-state index is 0.00662. The molecule has 6 nitrogen and oxygen atoms in total. The van der Waals surface area contributed by atoms with Crippen LogP contribution in [-0.4, -0.2) is 45.1 Å². The molecule has 0 saturated carbocycles. The molecule has 0 atom stereocenters. The number of amides is 1. The van der Waals surface area contributed by atoms with Crippen LogP contribution < -0.4 is 4.74 Å². The molecular weight excluding hydrogens is 364 g/mol. The highest BCUT2D eigenvalue weighted by atomic mass is 35.5. The van der Waals surface area contributed by atoms with Gasteiger partial charge in [-0.3, -0.25) is 9.20 Å². The summed E-state index contributed by atoms with van der Waals surface area (Å²) in [7, 11) is 0. The van der Waals surface area contributed by atoms with Gasteiger partial charge in [0.15, 0.2) is 12.3 Å². The van der Waals surface area contributed by atoms with E-state index < -0.39 is 0 Å². The van der Waals surface area contributed by atoms with Crippen molar-refractivity contribution in [2.45, 2.75) is 25.7 Å². The Morgan fingerprint density at radius 3 is 2.81 bits per heavy atom. The molecule has 3 heterocycles. The van der Waals surface area contributed by atoms with Gasteiger partial charge in [0.2, 0.25) is 0 Å². The number of likely N-dealkylation sites (tertiary alicyclic amines) is 1. The number of aryl methyl sites for hydroxylation is 1. The van der Waals surface area contributed by atoms with Crippen molar-refractivity contribution in [2.24, 2.45) is 0 Å². The average molecular weight is 385 g/mol. The summed E-state index contributed by atoms with van der Waals surface area (Å²) in [4.78, 5) is 14.3. The monoisotopic (exact) mass is 384 g/mol. The van der Waals surface area contributed by atoms with Crippen molar-refractivity contribution in [2.75, 3.05) is 19.7 Å². The Hall–Kier alpha value is -2.60. The second kappa shape index (κ2) is 7.56. The highest BCUT2D eigenvalue weighted by Gasteiger charge is 2.27. The Morgan fingerprint density at radius 2 is 2.04 bits per heavy atom. The molecule has 1 amide bonds. The van der Waals surface area contributed by atoms with Crippen LogP contribution in [0, 0.1) is 6.92 Å². The van der Waals surface area contributed by atoms with Crippen LogP contribution >= 0.6 is 11.6 Å².